The van der Waals surface area contributed by atoms with Crippen molar-refractivity contribution >= 4 is 23.4 Å². The van der Waals surface area contributed by atoms with Crippen LogP contribution in [0.1, 0.15) is 39.5 Å². The van der Waals surface area contributed by atoms with Crippen LogP contribution < -0.4 is 10.9 Å². The van der Waals surface area contributed by atoms with Crippen molar-refractivity contribution in [2.45, 2.75) is 52.1 Å². The lowest BCUT2D eigenvalue weighted by molar-refractivity contribution is -0.137. The van der Waals surface area contributed by atoms with Gasteiger partial charge in [0, 0.05) is 11.6 Å². The van der Waals surface area contributed by atoms with Gasteiger partial charge in [-0.2, -0.15) is 0 Å². The number of aromatic nitrogens is 2. The van der Waals surface area contributed by atoms with Gasteiger partial charge in [0.15, 0.2) is 11.0 Å². The molecule has 0 amide bonds. The first-order valence-electron chi connectivity index (χ1n) is 8.82. The van der Waals surface area contributed by atoms with Gasteiger partial charge in [-0.25, -0.2) is 4.98 Å². The fraction of sp³-hybridized carbons (Fsp3) is 0.421. The number of nitrogens with one attached hydrogen (secondary N) is 1. The van der Waals surface area contributed by atoms with Crippen LogP contribution >= 0.6 is 11.6 Å². The normalized spacial score (nSPS) is 10.9. The van der Waals surface area contributed by atoms with Crippen LogP contribution in [0.4, 0.5) is 5.82 Å². The molecule has 2 N–H and O–H groups in total. The summed E-state index contributed by atoms with van der Waals surface area (Å²) in [6.07, 6.45) is 3.73. The molecule has 140 valence electrons. The minimum Gasteiger partial charge on any atom is -0.480 e. The molecule has 0 fully saturated rings. The van der Waals surface area contributed by atoms with E-state index >= 15 is 0 Å². The summed E-state index contributed by atoms with van der Waals surface area (Å²) in [6, 6.07) is 9.07. The zero-order valence-corrected chi connectivity index (χ0v) is 15.8. The van der Waals surface area contributed by atoms with Crippen molar-refractivity contribution in [1.82, 2.24) is 9.55 Å². The molecule has 7 heteroatoms. The molecule has 6 nitrogen and oxygen atoms in total. The number of carbonyl (C=O) groups is 1. The van der Waals surface area contributed by atoms with Crippen molar-refractivity contribution in [3.05, 3.63) is 45.8 Å². The number of rotatable bonds is 9. The molecule has 0 aliphatic heterocycles. The minimum atomic E-state index is -1.11. The number of hydrogen-bond donors (Lipinski definition) is 2. The number of aliphatic carboxylic acids is 1. The lowest BCUT2D eigenvalue weighted by Crippen LogP contribution is -2.32. The predicted octanol–water partition coefficient (Wildman–Crippen LogP) is 4.03. The Kier molecular flexibility index (Phi) is 7.21. The zero-order chi connectivity index (χ0) is 19.1. The maximum Gasteiger partial charge on any atom is 0.323 e. The van der Waals surface area contributed by atoms with Crippen molar-refractivity contribution in [3.63, 3.8) is 0 Å². The number of anilines is 1. The first-order valence-corrected chi connectivity index (χ1v) is 9.19. The quantitative estimate of drug-likeness (QED) is 0.689. The lowest BCUT2D eigenvalue weighted by atomic mass is 10.1. The van der Waals surface area contributed by atoms with E-state index in [2.05, 4.69) is 24.1 Å². The van der Waals surface area contributed by atoms with Gasteiger partial charge in [-0.05, 0) is 12.8 Å². The number of carboxylic acids is 1. The Hall–Kier alpha value is -2.34. The van der Waals surface area contributed by atoms with Crippen molar-refractivity contribution in [2.24, 2.45) is 0 Å². The zero-order valence-electron chi connectivity index (χ0n) is 15.0. The predicted molar refractivity (Wildman–Crippen MR) is 104 cm³/mol. The highest BCUT2D eigenvalue weighted by Gasteiger charge is 2.20. The van der Waals surface area contributed by atoms with E-state index < -0.39 is 18.1 Å². The number of benzene rings is 1. The van der Waals surface area contributed by atoms with Gasteiger partial charge in [0.2, 0.25) is 0 Å². The SMILES string of the molecule is CCCC(CCC)Nc1nc(Cl)c(-c2ccccc2)n(CC(=O)O)c1=O. The van der Waals surface area contributed by atoms with Crippen LogP contribution in [-0.4, -0.2) is 26.7 Å². The molecule has 1 aromatic carbocycles. The molecule has 2 aromatic rings. The molecule has 1 heterocycles. The van der Waals surface area contributed by atoms with E-state index in [1.807, 2.05) is 6.07 Å². The second kappa shape index (κ2) is 9.38. The van der Waals surface area contributed by atoms with Gasteiger partial charge in [-0.1, -0.05) is 68.6 Å². The monoisotopic (exact) mass is 377 g/mol. The van der Waals surface area contributed by atoms with Gasteiger partial charge < -0.3 is 10.4 Å². The van der Waals surface area contributed by atoms with Gasteiger partial charge in [-0.15, -0.1) is 0 Å². The van der Waals surface area contributed by atoms with E-state index in [4.69, 9.17) is 11.6 Å². The van der Waals surface area contributed by atoms with Crippen molar-refractivity contribution in [1.29, 1.82) is 0 Å². The Morgan fingerprint density at radius 3 is 2.38 bits per heavy atom. The summed E-state index contributed by atoms with van der Waals surface area (Å²) < 4.78 is 1.17. The first kappa shape index (κ1) is 20.0. The summed E-state index contributed by atoms with van der Waals surface area (Å²) in [5.41, 5.74) is 0.481. The molecule has 26 heavy (non-hydrogen) atoms. The molecular formula is C19H24ClN3O3. The minimum absolute atomic E-state index is 0.0992. The smallest absolute Gasteiger partial charge is 0.323 e. The molecule has 0 atom stereocenters. The summed E-state index contributed by atoms with van der Waals surface area (Å²) >= 11 is 6.36. The average Bonchev–Trinajstić information content (AvgIpc) is 2.60. The van der Waals surface area contributed by atoms with Gasteiger partial charge in [-0.3, -0.25) is 14.2 Å². The Morgan fingerprint density at radius 2 is 1.85 bits per heavy atom. The largest absolute Gasteiger partial charge is 0.480 e. The van der Waals surface area contributed by atoms with E-state index in [9.17, 15) is 14.7 Å². The molecule has 0 saturated carbocycles. The summed E-state index contributed by atoms with van der Waals surface area (Å²) in [6.45, 7) is 3.67. The molecule has 0 spiro atoms. The van der Waals surface area contributed by atoms with Crippen molar-refractivity contribution in [2.75, 3.05) is 5.32 Å². The third-order valence-electron chi connectivity index (χ3n) is 4.08. The van der Waals surface area contributed by atoms with E-state index in [0.717, 1.165) is 25.7 Å². The fourth-order valence-corrected chi connectivity index (χ4v) is 3.27. The highest BCUT2D eigenvalue weighted by Crippen LogP contribution is 2.26. The maximum absolute atomic E-state index is 12.9. The Balaban J connectivity index is 2.55. The fourth-order valence-electron chi connectivity index (χ4n) is 2.97. The van der Waals surface area contributed by atoms with Gasteiger partial charge in [0.1, 0.15) is 6.54 Å². The second-order valence-corrected chi connectivity index (χ2v) is 6.53. The number of nitrogens with zero attached hydrogens (tertiary/aromatic N) is 2. The molecule has 2 rings (SSSR count). The summed E-state index contributed by atoms with van der Waals surface area (Å²) in [4.78, 5) is 28.5. The van der Waals surface area contributed by atoms with Crippen molar-refractivity contribution in [3.8, 4) is 11.3 Å². The molecular weight excluding hydrogens is 354 g/mol. The number of hydrogen-bond acceptors (Lipinski definition) is 4. The van der Waals surface area contributed by atoms with E-state index in [0.29, 0.717) is 11.3 Å². The van der Waals surface area contributed by atoms with E-state index in [-0.39, 0.29) is 17.0 Å². The standard InChI is InChI=1S/C19H24ClN3O3/c1-3-8-14(9-4-2)21-18-19(26)23(12-15(24)25)16(17(20)22-18)13-10-6-5-7-11-13/h5-7,10-11,14H,3-4,8-9,12H2,1-2H3,(H,21,22)(H,24,25). The molecule has 1 aromatic heterocycles. The topological polar surface area (TPSA) is 84.2 Å². The van der Waals surface area contributed by atoms with Gasteiger partial charge >= 0.3 is 5.97 Å². The summed E-state index contributed by atoms with van der Waals surface area (Å²) in [5.74, 6) is -1.01. The first-order chi connectivity index (χ1) is 12.5. The molecule has 0 radical (unpaired) electrons. The van der Waals surface area contributed by atoms with Crippen LogP contribution in [0.25, 0.3) is 11.3 Å². The summed E-state index contributed by atoms with van der Waals surface area (Å²) in [5, 5.41) is 12.5. The highest BCUT2D eigenvalue weighted by atomic mass is 35.5. The van der Waals surface area contributed by atoms with Crippen LogP contribution in [0.15, 0.2) is 35.1 Å². The van der Waals surface area contributed by atoms with Crippen LogP contribution in [0.2, 0.25) is 5.15 Å². The van der Waals surface area contributed by atoms with Gasteiger partial charge in [0.05, 0.1) is 5.69 Å². The molecule has 0 unspecified atom stereocenters. The Morgan fingerprint density at radius 1 is 1.23 bits per heavy atom. The maximum atomic E-state index is 12.9. The van der Waals surface area contributed by atoms with Crippen LogP contribution in [-0.2, 0) is 11.3 Å². The lowest BCUT2D eigenvalue weighted by Gasteiger charge is -2.20. The molecule has 0 bridgehead atoms. The van der Waals surface area contributed by atoms with Gasteiger partial charge in [0.25, 0.3) is 5.56 Å². The van der Waals surface area contributed by atoms with Crippen LogP contribution in [0.5, 0.6) is 0 Å². The Labute approximate surface area is 157 Å². The molecule has 0 saturated heterocycles. The van der Waals surface area contributed by atoms with E-state index in [1.165, 1.54) is 4.57 Å². The van der Waals surface area contributed by atoms with Crippen LogP contribution in [0, 0.1) is 0 Å². The Bertz CT molecular complexity index is 800. The van der Waals surface area contributed by atoms with Crippen LogP contribution in [0.3, 0.4) is 0 Å². The number of halogens is 1. The summed E-state index contributed by atoms with van der Waals surface area (Å²) in [7, 11) is 0. The number of carboxylic acid groups (broad SMARTS) is 1. The van der Waals surface area contributed by atoms with E-state index in [1.54, 1.807) is 24.3 Å². The highest BCUT2D eigenvalue weighted by molar-refractivity contribution is 6.32. The third-order valence-corrected chi connectivity index (χ3v) is 4.34. The van der Waals surface area contributed by atoms with Crippen molar-refractivity contribution < 1.29 is 9.90 Å². The molecule has 0 aliphatic rings. The third kappa shape index (κ3) is 4.85. The molecule has 0 aliphatic carbocycles. The average molecular weight is 378 g/mol. The second-order valence-electron chi connectivity index (χ2n) is 6.17.